The van der Waals surface area contributed by atoms with Crippen LogP contribution in [-0.4, -0.2) is 58.4 Å². The van der Waals surface area contributed by atoms with Gasteiger partial charge in [-0.1, -0.05) is 41.9 Å². The SMILES string of the molecule is C[C@]1(c2ccc(Cl)cc2F)C=Cc2cccc(C3CCN(COC(=O)c4ccc5[nH]c(C[C@H]6CCO6)nc5n4)CC3)c2O1. The van der Waals surface area contributed by atoms with E-state index in [-0.39, 0.29) is 24.4 Å². The van der Waals surface area contributed by atoms with Crippen molar-refractivity contribution in [2.45, 2.75) is 50.2 Å². The largest absolute Gasteiger partial charge is 0.478 e. The average molecular weight is 603 g/mol. The monoisotopic (exact) mass is 602 g/mol. The molecule has 2 saturated heterocycles. The van der Waals surface area contributed by atoms with Gasteiger partial charge in [0, 0.05) is 42.3 Å². The van der Waals surface area contributed by atoms with Crippen molar-refractivity contribution in [3.8, 4) is 5.75 Å². The van der Waals surface area contributed by atoms with Crippen LogP contribution in [0.3, 0.4) is 0 Å². The minimum Gasteiger partial charge on any atom is -0.478 e. The molecule has 3 aliphatic heterocycles. The number of esters is 1. The molecule has 7 rings (SSSR count). The van der Waals surface area contributed by atoms with E-state index in [9.17, 15) is 9.18 Å². The van der Waals surface area contributed by atoms with Crippen molar-refractivity contribution in [3.63, 3.8) is 0 Å². The predicted molar refractivity (Wildman–Crippen MR) is 161 cm³/mol. The number of hydrogen-bond acceptors (Lipinski definition) is 7. The van der Waals surface area contributed by atoms with E-state index in [1.807, 2.05) is 37.3 Å². The maximum atomic E-state index is 14.9. The van der Waals surface area contributed by atoms with Crippen LogP contribution in [0.15, 0.2) is 54.6 Å². The number of H-pyrrole nitrogens is 1. The van der Waals surface area contributed by atoms with E-state index in [4.69, 9.17) is 25.8 Å². The highest BCUT2D eigenvalue weighted by Crippen LogP contribution is 2.44. The molecule has 10 heteroatoms. The number of piperidine rings is 1. The lowest BCUT2D eigenvalue weighted by molar-refractivity contribution is -0.0500. The molecule has 0 unspecified atom stereocenters. The van der Waals surface area contributed by atoms with E-state index in [0.29, 0.717) is 22.7 Å². The molecular formula is C33H32ClFN4O4. The number of nitrogens with one attached hydrogen (secondary N) is 1. The van der Waals surface area contributed by atoms with Crippen LogP contribution in [0.25, 0.3) is 17.2 Å². The molecule has 0 spiro atoms. The summed E-state index contributed by atoms with van der Waals surface area (Å²) in [5, 5.41) is 0.349. The van der Waals surface area contributed by atoms with Crippen molar-refractivity contribution in [3.05, 3.63) is 93.7 Å². The zero-order valence-electron chi connectivity index (χ0n) is 23.8. The molecule has 43 heavy (non-hydrogen) atoms. The van der Waals surface area contributed by atoms with E-state index >= 15 is 0 Å². The Bertz CT molecular complexity index is 1710. The van der Waals surface area contributed by atoms with Crippen LogP contribution in [0.2, 0.25) is 5.02 Å². The first-order chi connectivity index (χ1) is 20.8. The number of aromatic amines is 1. The molecule has 0 radical (unpaired) electrons. The smallest absolute Gasteiger partial charge is 0.358 e. The number of benzene rings is 2. The summed E-state index contributed by atoms with van der Waals surface area (Å²) >= 11 is 5.99. The van der Waals surface area contributed by atoms with Crippen molar-refractivity contribution >= 4 is 34.8 Å². The number of rotatable bonds is 7. The summed E-state index contributed by atoms with van der Waals surface area (Å²) in [5.74, 6) is 0.989. The summed E-state index contributed by atoms with van der Waals surface area (Å²) in [6.45, 7) is 4.38. The molecule has 8 nitrogen and oxygen atoms in total. The zero-order chi connectivity index (χ0) is 29.6. The van der Waals surface area contributed by atoms with Gasteiger partial charge in [-0.15, -0.1) is 0 Å². The Labute approximate surface area is 253 Å². The molecule has 2 aromatic heterocycles. The van der Waals surface area contributed by atoms with Gasteiger partial charge in [-0.3, -0.25) is 4.90 Å². The maximum absolute atomic E-state index is 14.9. The molecule has 4 aromatic rings. The number of fused-ring (bicyclic) bond motifs is 2. The number of halogens is 2. The van der Waals surface area contributed by atoms with Crippen LogP contribution in [0.4, 0.5) is 4.39 Å². The summed E-state index contributed by atoms with van der Waals surface area (Å²) in [4.78, 5) is 27.1. The van der Waals surface area contributed by atoms with Gasteiger partial charge in [-0.25, -0.2) is 19.2 Å². The first-order valence-electron chi connectivity index (χ1n) is 14.7. The van der Waals surface area contributed by atoms with Gasteiger partial charge >= 0.3 is 5.97 Å². The van der Waals surface area contributed by atoms with E-state index in [1.54, 1.807) is 18.2 Å². The van der Waals surface area contributed by atoms with Crippen LogP contribution < -0.4 is 4.74 Å². The number of para-hydroxylation sites is 1. The third-order valence-corrected chi connectivity index (χ3v) is 8.90. The number of nitrogens with zero attached hydrogens (tertiary/aromatic N) is 3. The van der Waals surface area contributed by atoms with Crippen molar-refractivity contribution < 1.29 is 23.4 Å². The van der Waals surface area contributed by atoms with Crippen LogP contribution in [0.1, 0.15) is 65.1 Å². The average Bonchev–Trinajstić information content (AvgIpc) is 3.40. The Kier molecular flexibility index (Phi) is 7.41. The minimum atomic E-state index is -0.952. The Morgan fingerprint density at radius 2 is 2.00 bits per heavy atom. The van der Waals surface area contributed by atoms with Crippen LogP contribution in [0, 0.1) is 5.82 Å². The van der Waals surface area contributed by atoms with Crippen LogP contribution >= 0.6 is 11.6 Å². The third-order valence-electron chi connectivity index (χ3n) is 8.66. The molecule has 1 N–H and O–H groups in total. The van der Waals surface area contributed by atoms with Gasteiger partial charge in [0.15, 0.2) is 16.9 Å². The summed E-state index contributed by atoms with van der Waals surface area (Å²) in [7, 11) is 0. The Balaban J connectivity index is 0.971. The zero-order valence-corrected chi connectivity index (χ0v) is 24.6. The van der Waals surface area contributed by atoms with Gasteiger partial charge in [-0.2, -0.15) is 0 Å². The maximum Gasteiger partial charge on any atom is 0.358 e. The fourth-order valence-electron chi connectivity index (χ4n) is 6.09. The molecule has 2 atom stereocenters. The number of carbonyl (C=O) groups excluding carboxylic acids is 1. The molecule has 2 aromatic carbocycles. The lowest BCUT2D eigenvalue weighted by Gasteiger charge is -2.36. The van der Waals surface area contributed by atoms with Gasteiger partial charge in [0.1, 0.15) is 24.1 Å². The fourth-order valence-corrected chi connectivity index (χ4v) is 6.25. The topological polar surface area (TPSA) is 89.6 Å². The summed E-state index contributed by atoms with van der Waals surface area (Å²) in [6.07, 6.45) is 7.58. The summed E-state index contributed by atoms with van der Waals surface area (Å²) < 4.78 is 32.5. The molecule has 0 saturated carbocycles. The van der Waals surface area contributed by atoms with E-state index < -0.39 is 17.4 Å². The molecule has 2 fully saturated rings. The van der Waals surface area contributed by atoms with Gasteiger partial charge in [0.2, 0.25) is 0 Å². The lowest BCUT2D eigenvalue weighted by atomic mass is 9.85. The number of pyridine rings is 1. The molecule has 5 heterocycles. The summed E-state index contributed by atoms with van der Waals surface area (Å²) in [6, 6.07) is 14.3. The van der Waals surface area contributed by atoms with Crippen molar-refractivity contribution in [1.29, 1.82) is 0 Å². The van der Waals surface area contributed by atoms with Crippen LogP contribution in [0.5, 0.6) is 5.75 Å². The molecule has 222 valence electrons. The first kappa shape index (κ1) is 28.0. The number of ether oxygens (including phenoxy) is 3. The third kappa shape index (κ3) is 5.64. The van der Waals surface area contributed by atoms with Crippen molar-refractivity contribution in [1.82, 2.24) is 19.9 Å². The predicted octanol–water partition coefficient (Wildman–Crippen LogP) is 6.40. The Morgan fingerprint density at radius 3 is 2.77 bits per heavy atom. The first-order valence-corrected chi connectivity index (χ1v) is 15.1. The Hall–Kier alpha value is -3.79. The van der Waals surface area contributed by atoms with Gasteiger partial charge in [0.05, 0.1) is 11.6 Å². The highest BCUT2D eigenvalue weighted by Gasteiger charge is 2.35. The highest BCUT2D eigenvalue weighted by molar-refractivity contribution is 6.30. The second-order valence-electron chi connectivity index (χ2n) is 11.6. The van der Waals surface area contributed by atoms with Crippen LogP contribution in [-0.2, 0) is 21.5 Å². The lowest BCUT2D eigenvalue weighted by Crippen LogP contribution is -2.36. The Morgan fingerprint density at radius 1 is 1.16 bits per heavy atom. The van der Waals surface area contributed by atoms with Crippen molar-refractivity contribution in [2.24, 2.45) is 0 Å². The molecule has 0 bridgehead atoms. The number of hydrogen-bond donors (Lipinski definition) is 1. The second-order valence-corrected chi connectivity index (χ2v) is 12.1. The quantitative estimate of drug-likeness (QED) is 0.245. The number of likely N-dealkylation sites (tertiary alicyclic amines) is 1. The van der Waals surface area contributed by atoms with E-state index in [1.165, 1.54) is 6.07 Å². The summed E-state index contributed by atoms with van der Waals surface area (Å²) in [5.41, 5.74) is 3.10. The molecule has 0 amide bonds. The molecular weight excluding hydrogens is 571 g/mol. The normalized spacial score (nSPS) is 22.2. The minimum absolute atomic E-state index is 0.191. The number of aromatic nitrogens is 3. The second kappa shape index (κ2) is 11.4. The van der Waals surface area contributed by atoms with Gasteiger partial charge in [-0.05, 0) is 68.0 Å². The van der Waals surface area contributed by atoms with Gasteiger partial charge < -0.3 is 19.2 Å². The number of imidazole rings is 1. The highest BCUT2D eigenvalue weighted by atomic mass is 35.5. The molecule has 0 aliphatic carbocycles. The molecule has 3 aliphatic rings. The van der Waals surface area contributed by atoms with E-state index in [0.717, 1.165) is 67.2 Å². The van der Waals surface area contributed by atoms with Crippen molar-refractivity contribution in [2.75, 3.05) is 26.4 Å². The standard InChI is InChI=1S/C33H32ClFN4O4/c1-33(25-6-5-22(34)17-26(25)35)13-9-21-3-2-4-24(30(21)43-33)20-10-14-39(15-11-20)19-42-32(40)28-8-7-27-31(37-28)38-29(36-27)18-23-12-16-41-23/h2-9,13,17,20,23H,10-12,14-16,18-19H2,1H3,(H,36,37,38)/t23-,33-/m1/s1. The van der Waals surface area contributed by atoms with Gasteiger partial charge in [0.25, 0.3) is 0 Å². The fraction of sp³-hybridized carbons (Fsp3) is 0.364. The number of carbonyl (C=O) groups is 1. The van der Waals surface area contributed by atoms with E-state index in [2.05, 4.69) is 25.9 Å².